The van der Waals surface area contributed by atoms with Gasteiger partial charge in [0.2, 0.25) is 0 Å². The van der Waals surface area contributed by atoms with Gasteiger partial charge >= 0.3 is 42.6 Å². The van der Waals surface area contributed by atoms with E-state index < -0.39 is 59.3 Å². The average molecular weight is 1600 g/mol. The molecule has 23 nitrogen and oxygen atoms in total. The highest BCUT2D eigenvalue weighted by molar-refractivity contribution is 6.03. The van der Waals surface area contributed by atoms with E-state index in [2.05, 4.69) is 78.9 Å². The topological polar surface area (TPSA) is 275 Å². The van der Waals surface area contributed by atoms with Crippen LogP contribution in [0, 0.1) is 0 Å². The Labute approximate surface area is 662 Å². The lowest BCUT2D eigenvalue weighted by molar-refractivity contribution is -0.144. The second-order valence-electron chi connectivity index (χ2n) is 29.8. The van der Waals surface area contributed by atoms with E-state index in [1.807, 2.05) is 90.2 Å². The molecule has 0 spiro atoms. The Kier molecular flexibility index (Phi) is 25.9. The summed E-state index contributed by atoms with van der Waals surface area (Å²) in [5, 5.41) is 40.2. The number of aromatic nitrogens is 9. The van der Waals surface area contributed by atoms with Crippen molar-refractivity contribution in [2.45, 2.75) is 124 Å². The molecular formula is C84H87F9N16O7. The molecule has 1 saturated heterocycles. The first kappa shape index (κ1) is 84.5. The molecule has 0 bridgehead atoms. The van der Waals surface area contributed by atoms with Crippen molar-refractivity contribution in [2.24, 2.45) is 7.05 Å². The molecule has 1 fully saturated rings. The van der Waals surface area contributed by atoms with Crippen LogP contribution in [-0.2, 0) is 59.0 Å². The predicted molar refractivity (Wildman–Crippen MR) is 429 cm³/mol. The van der Waals surface area contributed by atoms with Gasteiger partial charge in [-0.05, 0) is 181 Å². The highest BCUT2D eigenvalue weighted by Gasteiger charge is 2.34. The number of likely N-dealkylation sites (tertiary alicyclic amines) is 1. The zero-order valence-electron chi connectivity index (χ0n) is 65.2. The number of nitrogens with zero attached hydrogens (tertiary/aromatic N) is 10. The summed E-state index contributed by atoms with van der Waals surface area (Å²) in [7, 11) is 1.85. The highest BCUT2D eigenvalue weighted by atomic mass is 19.4. The van der Waals surface area contributed by atoms with E-state index in [-0.39, 0.29) is 59.3 Å². The number of aliphatic hydroxyl groups is 1. The Balaban J connectivity index is 0.000000172. The summed E-state index contributed by atoms with van der Waals surface area (Å²) in [5.74, 6) is -0.0533. The molecule has 6 amide bonds. The van der Waals surface area contributed by atoms with Crippen LogP contribution in [0.1, 0.15) is 115 Å². The van der Waals surface area contributed by atoms with Crippen molar-refractivity contribution in [1.29, 1.82) is 0 Å². The van der Waals surface area contributed by atoms with Crippen LogP contribution in [0.2, 0.25) is 0 Å². The van der Waals surface area contributed by atoms with Gasteiger partial charge in [0.1, 0.15) is 18.9 Å². The lowest BCUT2D eigenvalue weighted by atomic mass is 9.89. The number of hydrogen-bond acceptors (Lipinski definition) is 14. The maximum Gasteiger partial charge on any atom is 0.416 e. The van der Waals surface area contributed by atoms with Gasteiger partial charge < -0.3 is 46.5 Å². The molecule has 0 unspecified atom stereocenters. The van der Waals surface area contributed by atoms with Crippen molar-refractivity contribution in [2.75, 3.05) is 71.4 Å². The maximum absolute atomic E-state index is 13.4. The van der Waals surface area contributed by atoms with Gasteiger partial charge in [-0.25, -0.2) is 38.7 Å². The number of halogens is 9. The molecule has 13 rings (SSSR count). The number of aryl methyl sites for hydroxylation is 1. The van der Waals surface area contributed by atoms with Crippen LogP contribution in [-0.4, -0.2) is 118 Å². The number of esters is 1. The first-order valence-electron chi connectivity index (χ1n) is 37.2. The van der Waals surface area contributed by atoms with E-state index >= 15 is 0 Å². The fraction of sp³-hybridized carbons (Fsp3) is 0.310. The van der Waals surface area contributed by atoms with Gasteiger partial charge in [0.05, 0.1) is 60.7 Å². The standard InChI is InChI=1S/C31H35F3N6O2.C28H28F3N5O3.C25H24F3N5O2/c1-30(2,3)27-18-23(24-19-35-39(4)28(24)38-27)20-7-10-22(11-8-20)36-29(41)37-25-17-21(31(32,33)34)9-12-26(25)42-16-15-40-13-5-6-14-40;1-5-39-24(37)16-36-25-22(15-32-36)21(14-23(35-25)27(2,3)4)17-9-11-19(12-10-17)33-26(38)34-20-8-6-7-18(13-20)28(29,30)31;1-15(2)22-13-20(21-14-29-33(10-11-34)23(21)32-22)16-6-8-18(9-7-16)30-24(35)31-19-5-3-4-17(12-19)25(26,27)28/h7-12,17-19H,5-6,13-16H2,1-4H3,(H2,36,37,41);6-15H,5,16H2,1-4H3,(H2,33,34,38);3-9,12-15,34H,10-11H2,1-2H3,(H2,30,31,35). The molecule has 608 valence electrons. The van der Waals surface area contributed by atoms with Crippen molar-refractivity contribution >= 4 is 91.3 Å². The van der Waals surface area contributed by atoms with Gasteiger partial charge in [-0.1, -0.05) is 104 Å². The molecule has 7 N–H and O–H groups in total. The summed E-state index contributed by atoms with van der Waals surface area (Å²) < 4.78 is 134. The molecule has 1 aliphatic heterocycles. The highest BCUT2D eigenvalue weighted by Crippen LogP contribution is 2.40. The Morgan fingerprint density at radius 3 is 1.36 bits per heavy atom. The number of fused-ring (bicyclic) bond motifs is 3. The number of ether oxygens (including phenoxy) is 2. The number of urea groups is 3. The van der Waals surface area contributed by atoms with Crippen molar-refractivity contribution in [3.63, 3.8) is 0 Å². The van der Waals surface area contributed by atoms with Gasteiger partial charge in [0, 0.05) is 86.1 Å². The van der Waals surface area contributed by atoms with Gasteiger partial charge in [-0.3, -0.25) is 14.4 Å². The molecule has 116 heavy (non-hydrogen) atoms. The Morgan fingerprint density at radius 1 is 0.483 bits per heavy atom. The molecule has 6 aromatic heterocycles. The zero-order chi connectivity index (χ0) is 83.6. The van der Waals surface area contributed by atoms with Crippen LogP contribution in [0.3, 0.4) is 0 Å². The molecular weight excluding hydrogens is 1520 g/mol. The zero-order valence-corrected chi connectivity index (χ0v) is 65.2. The van der Waals surface area contributed by atoms with E-state index in [0.29, 0.717) is 48.1 Å². The van der Waals surface area contributed by atoms with Gasteiger partial charge in [-0.15, -0.1) is 0 Å². The Morgan fingerprint density at radius 2 is 0.905 bits per heavy atom. The van der Waals surface area contributed by atoms with E-state index in [0.717, 1.165) is 135 Å². The number of aliphatic hydroxyl groups excluding tert-OH is 1. The van der Waals surface area contributed by atoms with Crippen LogP contribution in [0.15, 0.2) is 176 Å². The number of alkyl halides is 9. The first-order chi connectivity index (χ1) is 54.9. The van der Waals surface area contributed by atoms with Crippen LogP contribution >= 0.6 is 0 Å². The normalized spacial score (nSPS) is 12.7. The summed E-state index contributed by atoms with van der Waals surface area (Å²) in [4.78, 5) is 66.2. The molecule has 0 aliphatic carbocycles. The summed E-state index contributed by atoms with van der Waals surface area (Å²) in [6.07, 6.45) is -6.16. The lowest BCUT2D eigenvalue weighted by Gasteiger charge is -2.19. The SMILES string of the molecule is CC(C)c1cc(-c2ccc(NC(=O)Nc3cccc(C(F)(F)F)c3)cc2)c2cnn(CCO)c2n1.CCOC(=O)Cn1ncc2c(-c3ccc(NC(=O)Nc4cccc(C(F)(F)F)c4)cc3)cc(C(C)(C)C)nc21.Cn1ncc2c(-c3ccc(NC(=O)Nc4cc(C(F)(F)F)ccc4OCCN4CCCC4)cc3)cc(C(C)(C)C)nc21. The fourth-order valence-corrected chi connectivity index (χ4v) is 12.6. The minimum atomic E-state index is -4.56. The Bertz CT molecular complexity index is 5490. The monoisotopic (exact) mass is 1600 g/mol. The average Bonchev–Trinajstić information content (AvgIpc) is 1.60. The van der Waals surface area contributed by atoms with Crippen molar-refractivity contribution in [3.8, 4) is 39.1 Å². The minimum absolute atomic E-state index is 0.0210. The number of nitrogens with one attached hydrogen (secondary N) is 6. The quantitative estimate of drug-likeness (QED) is 0.0293. The smallest absolute Gasteiger partial charge is 0.416 e. The van der Waals surface area contributed by atoms with Crippen LogP contribution in [0.25, 0.3) is 66.5 Å². The molecule has 12 aromatic rings. The molecule has 0 atom stereocenters. The maximum atomic E-state index is 13.4. The summed E-state index contributed by atoms with van der Waals surface area (Å²) in [6, 6.07) is 37.3. The second kappa shape index (κ2) is 35.5. The first-order valence-corrected chi connectivity index (χ1v) is 37.2. The van der Waals surface area contributed by atoms with Crippen LogP contribution < -0.4 is 36.6 Å². The third kappa shape index (κ3) is 21.5. The number of anilines is 6. The number of benzene rings is 6. The predicted octanol–water partition coefficient (Wildman–Crippen LogP) is 19.6. The Hall–Kier alpha value is -12.5. The molecule has 32 heteroatoms. The van der Waals surface area contributed by atoms with E-state index in [9.17, 15) is 63.8 Å². The molecule has 1 aliphatic rings. The number of pyridine rings is 3. The largest absolute Gasteiger partial charge is 0.490 e. The molecule has 6 aromatic carbocycles. The van der Waals surface area contributed by atoms with E-state index in [1.54, 1.807) is 71.3 Å². The molecule has 0 saturated carbocycles. The van der Waals surface area contributed by atoms with Crippen molar-refractivity contribution in [3.05, 3.63) is 210 Å². The number of amides is 6. The lowest BCUT2D eigenvalue weighted by Crippen LogP contribution is -2.25. The molecule has 7 heterocycles. The van der Waals surface area contributed by atoms with Gasteiger partial charge in [-0.2, -0.15) is 54.8 Å². The number of rotatable bonds is 19. The number of carbonyl (C=O) groups is 4. The van der Waals surface area contributed by atoms with E-state index in [1.165, 1.54) is 35.0 Å². The number of carbonyl (C=O) groups excluding carboxylic acids is 4. The second-order valence-corrected chi connectivity index (χ2v) is 29.8. The minimum Gasteiger partial charge on any atom is -0.490 e. The number of hydrogen-bond donors (Lipinski definition) is 7. The summed E-state index contributed by atoms with van der Waals surface area (Å²) in [5.41, 5.74) is 8.36. The van der Waals surface area contributed by atoms with Crippen LogP contribution in [0.4, 0.5) is 88.0 Å². The third-order valence-electron chi connectivity index (χ3n) is 18.6. The summed E-state index contributed by atoms with van der Waals surface area (Å²) >= 11 is 0. The van der Waals surface area contributed by atoms with Gasteiger partial charge in [0.15, 0.2) is 16.9 Å². The van der Waals surface area contributed by atoms with E-state index in [4.69, 9.17) is 24.4 Å². The third-order valence-corrected chi connectivity index (χ3v) is 18.6. The van der Waals surface area contributed by atoms with Crippen molar-refractivity contribution < 1.29 is 73.3 Å². The summed E-state index contributed by atoms with van der Waals surface area (Å²) in [6.45, 7) is 21.6. The fourth-order valence-electron chi connectivity index (χ4n) is 12.6. The molecule has 0 radical (unpaired) electrons. The van der Waals surface area contributed by atoms with Crippen LogP contribution in [0.5, 0.6) is 5.75 Å². The van der Waals surface area contributed by atoms with Crippen molar-refractivity contribution in [1.82, 2.24) is 49.2 Å². The van der Waals surface area contributed by atoms with Gasteiger partial charge in [0.25, 0.3) is 0 Å².